The molecular formula is C21H27ClN5O+. The number of aromatic nitrogens is 2. The number of likely N-dealkylation sites (N-methyl/N-ethyl adjacent to an activating group) is 1. The van der Waals surface area contributed by atoms with E-state index >= 15 is 0 Å². The number of halogens is 1. The highest BCUT2D eigenvalue weighted by Gasteiger charge is 2.30. The second-order valence-electron chi connectivity index (χ2n) is 7.57. The van der Waals surface area contributed by atoms with Gasteiger partial charge in [-0.1, -0.05) is 23.7 Å². The molecule has 1 aromatic heterocycles. The molecule has 4 rings (SSSR count). The van der Waals surface area contributed by atoms with E-state index in [-0.39, 0.29) is 5.91 Å². The molecule has 7 heteroatoms. The molecule has 3 heterocycles. The second kappa shape index (κ2) is 8.05. The number of nitrogens with zero attached hydrogens (tertiary/aromatic N) is 4. The number of quaternary nitrogens is 1. The standard InChI is InChI=1S/C21H26ClN5O/c1-3-25-10-12-26(13-11-25)20-17-14-27(9-8-19(17)23-15(2)24-20)21(28)16-6-4-5-7-18(16)22/h4-7H,3,8-14H2,1-2H3/p+1. The van der Waals surface area contributed by atoms with Crippen molar-refractivity contribution in [2.45, 2.75) is 26.8 Å². The monoisotopic (exact) mass is 400 g/mol. The van der Waals surface area contributed by atoms with Gasteiger partial charge in [0.25, 0.3) is 5.91 Å². The number of amides is 1. The summed E-state index contributed by atoms with van der Waals surface area (Å²) >= 11 is 6.26. The van der Waals surface area contributed by atoms with Gasteiger partial charge in [-0.2, -0.15) is 0 Å². The number of piperazine rings is 1. The zero-order valence-electron chi connectivity index (χ0n) is 16.5. The fourth-order valence-corrected chi connectivity index (χ4v) is 4.36. The number of anilines is 1. The lowest BCUT2D eigenvalue weighted by Crippen LogP contribution is -3.14. The van der Waals surface area contributed by atoms with Gasteiger partial charge in [0.15, 0.2) is 0 Å². The summed E-state index contributed by atoms with van der Waals surface area (Å²) in [4.78, 5) is 28.4. The Hall–Kier alpha value is -2.18. The van der Waals surface area contributed by atoms with Crippen molar-refractivity contribution in [3.8, 4) is 0 Å². The van der Waals surface area contributed by atoms with E-state index in [0.717, 1.165) is 62.0 Å². The first kappa shape index (κ1) is 19.2. The Morgan fingerprint density at radius 2 is 1.93 bits per heavy atom. The van der Waals surface area contributed by atoms with Crippen LogP contribution in [0.25, 0.3) is 0 Å². The Morgan fingerprint density at radius 3 is 2.64 bits per heavy atom. The van der Waals surface area contributed by atoms with Crippen LogP contribution in [-0.4, -0.2) is 60.0 Å². The molecule has 1 saturated heterocycles. The van der Waals surface area contributed by atoms with Crippen molar-refractivity contribution in [1.29, 1.82) is 0 Å². The summed E-state index contributed by atoms with van der Waals surface area (Å²) in [5.74, 6) is 1.79. The van der Waals surface area contributed by atoms with Crippen molar-refractivity contribution in [1.82, 2.24) is 14.9 Å². The van der Waals surface area contributed by atoms with E-state index in [0.29, 0.717) is 23.7 Å². The average Bonchev–Trinajstić information content (AvgIpc) is 2.73. The zero-order chi connectivity index (χ0) is 19.7. The summed E-state index contributed by atoms with van der Waals surface area (Å²) in [6.07, 6.45) is 0.752. The van der Waals surface area contributed by atoms with Gasteiger partial charge < -0.3 is 14.7 Å². The Balaban J connectivity index is 1.61. The molecule has 148 valence electrons. The maximum absolute atomic E-state index is 13.1. The molecular weight excluding hydrogens is 374 g/mol. The lowest BCUT2D eigenvalue weighted by atomic mass is 10.0. The summed E-state index contributed by atoms with van der Waals surface area (Å²) in [7, 11) is 0. The van der Waals surface area contributed by atoms with Crippen LogP contribution in [-0.2, 0) is 13.0 Å². The molecule has 1 N–H and O–H groups in total. The maximum atomic E-state index is 13.1. The van der Waals surface area contributed by atoms with E-state index in [4.69, 9.17) is 16.6 Å². The van der Waals surface area contributed by atoms with Gasteiger partial charge in [0.2, 0.25) is 0 Å². The number of rotatable bonds is 3. The van der Waals surface area contributed by atoms with E-state index < -0.39 is 0 Å². The van der Waals surface area contributed by atoms with Crippen LogP contribution in [0.15, 0.2) is 24.3 Å². The highest BCUT2D eigenvalue weighted by molar-refractivity contribution is 6.33. The van der Waals surface area contributed by atoms with Crippen LogP contribution in [0.2, 0.25) is 5.02 Å². The normalized spacial score (nSPS) is 17.5. The van der Waals surface area contributed by atoms with Crippen LogP contribution in [0, 0.1) is 6.92 Å². The molecule has 0 spiro atoms. The van der Waals surface area contributed by atoms with Gasteiger partial charge in [0.1, 0.15) is 11.6 Å². The summed E-state index contributed by atoms with van der Waals surface area (Å²) < 4.78 is 0. The molecule has 1 fully saturated rings. The number of benzene rings is 1. The van der Waals surface area contributed by atoms with Crippen LogP contribution < -0.4 is 9.80 Å². The molecule has 0 unspecified atom stereocenters. The smallest absolute Gasteiger partial charge is 0.255 e. The van der Waals surface area contributed by atoms with Gasteiger partial charge in [-0.15, -0.1) is 0 Å². The quantitative estimate of drug-likeness (QED) is 0.845. The van der Waals surface area contributed by atoms with Crippen LogP contribution >= 0.6 is 11.6 Å². The SMILES string of the molecule is CC[NH+]1CCN(c2nc(C)nc3c2CN(C(=O)c2ccccc2Cl)CC3)CC1. The molecule has 2 aliphatic rings. The lowest BCUT2D eigenvalue weighted by Gasteiger charge is -2.36. The number of nitrogens with one attached hydrogen (secondary N) is 1. The second-order valence-corrected chi connectivity index (χ2v) is 7.97. The topological polar surface area (TPSA) is 53.8 Å². The highest BCUT2D eigenvalue weighted by Crippen LogP contribution is 2.28. The molecule has 0 saturated carbocycles. The Kier molecular flexibility index (Phi) is 5.51. The summed E-state index contributed by atoms with van der Waals surface area (Å²) in [5.41, 5.74) is 2.73. The number of aryl methyl sites for hydroxylation is 1. The minimum absolute atomic E-state index is 0.0250. The fraction of sp³-hybridized carbons (Fsp3) is 0.476. The van der Waals surface area contributed by atoms with E-state index in [1.165, 1.54) is 0 Å². The third-order valence-electron chi connectivity index (χ3n) is 5.81. The predicted octanol–water partition coefficient (Wildman–Crippen LogP) is 1.36. The van der Waals surface area contributed by atoms with E-state index in [1.54, 1.807) is 17.0 Å². The zero-order valence-corrected chi connectivity index (χ0v) is 17.3. The Labute approximate surface area is 171 Å². The first-order valence-corrected chi connectivity index (χ1v) is 10.4. The predicted molar refractivity (Wildman–Crippen MR) is 110 cm³/mol. The van der Waals surface area contributed by atoms with Crippen LogP contribution in [0.3, 0.4) is 0 Å². The van der Waals surface area contributed by atoms with Crippen molar-refractivity contribution in [2.24, 2.45) is 0 Å². The minimum atomic E-state index is -0.0250. The molecule has 1 amide bonds. The molecule has 28 heavy (non-hydrogen) atoms. The Bertz CT molecular complexity index is 879. The third-order valence-corrected chi connectivity index (χ3v) is 6.14. The average molecular weight is 401 g/mol. The van der Waals surface area contributed by atoms with Crippen LogP contribution in [0.5, 0.6) is 0 Å². The van der Waals surface area contributed by atoms with Gasteiger partial charge in [0.05, 0.1) is 55.5 Å². The van der Waals surface area contributed by atoms with E-state index in [1.807, 2.05) is 24.0 Å². The van der Waals surface area contributed by atoms with Crippen molar-refractivity contribution in [2.75, 3.05) is 44.2 Å². The van der Waals surface area contributed by atoms with Crippen molar-refractivity contribution in [3.05, 3.63) is 51.9 Å². The van der Waals surface area contributed by atoms with Crippen molar-refractivity contribution in [3.63, 3.8) is 0 Å². The first-order valence-electron chi connectivity index (χ1n) is 10.1. The molecule has 6 nitrogen and oxygen atoms in total. The maximum Gasteiger partial charge on any atom is 0.255 e. The number of hydrogen-bond donors (Lipinski definition) is 1. The van der Waals surface area contributed by atoms with E-state index in [2.05, 4.69) is 16.8 Å². The molecule has 0 radical (unpaired) electrons. The molecule has 0 aliphatic carbocycles. The number of carbonyl (C=O) groups is 1. The fourth-order valence-electron chi connectivity index (χ4n) is 4.15. The number of hydrogen-bond acceptors (Lipinski definition) is 4. The van der Waals surface area contributed by atoms with Gasteiger partial charge in [-0.05, 0) is 26.0 Å². The molecule has 0 bridgehead atoms. The van der Waals surface area contributed by atoms with E-state index in [9.17, 15) is 4.79 Å². The highest BCUT2D eigenvalue weighted by atomic mass is 35.5. The van der Waals surface area contributed by atoms with Crippen molar-refractivity contribution < 1.29 is 9.69 Å². The van der Waals surface area contributed by atoms with Gasteiger partial charge in [-0.3, -0.25) is 4.79 Å². The van der Waals surface area contributed by atoms with Crippen LogP contribution in [0.4, 0.5) is 5.82 Å². The largest absolute Gasteiger partial charge is 0.345 e. The molecule has 0 atom stereocenters. The van der Waals surface area contributed by atoms with Gasteiger partial charge in [0, 0.05) is 18.5 Å². The summed E-state index contributed by atoms with van der Waals surface area (Å²) in [6, 6.07) is 7.25. The Morgan fingerprint density at radius 1 is 1.18 bits per heavy atom. The third kappa shape index (κ3) is 3.71. The summed E-state index contributed by atoms with van der Waals surface area (Å²) in [6.45, 7) is 10.8. The van der Waals surface area contributed by atoms with Gasteiger partial charge >= 0.3 is 0 Å². The lowest BCUT2D eigenvalue weighted by molar-refractivity contribution is -0.898. The van der Waals surface area contributed by atoms with Crippen LogP contribution in [0.1, 0.15) is 34.4 Å². The van der Waals surface area contributed by atoms with Crippen molar-refractivity contribution >= 4 is 23.3 Å². The number of fused-ring (bicyclic) bond motifs is 1. The minimum Gasteiger partial charge on any atom is -0.345 e. The first-order chi connectivity index (χ1) is 13.6. The molecule has 2 aliphatic heterocycles. The molecule has 2 aromatic rings. The number of carbonyl (C=O) groups excluding carboxylic acids is 1. The summed E-state index contributed by atoms with van der Waals surface area (Å²) in [5, 5.41) is 0.498. The molecule has 1 aromatic carbocycles. The van der Waals surface area contributed by atoms with Gasteiger partial charge in [-0.25, -0.2) is 9.97 Å².